The number of amides is 1. The van der Waals surface area contributed by atoms with Crippen LogP contribution in [-0.4, -0.2) is 43.5 Å². The molecule has 148 valence electrons. The van der Waals surface area contributed by atoms with Gasteiger partial charge in [-0.25, -0.2) is 0 Å². The number of hydrogen-bond donors (Lipinski definition) is 2. The molecule has 0 spiro atoms. The molecule has 1 aromatic rings. The van der Waals surface area contributed by atoms with E-state index in [0.717, 1.165) is 51.9 Å². The number of nitrogens with one attached hydrogen (secondary N) is 1. The van der Waals surface area contributed by atoms with Crippen molar-refractivity contribution in [3.05, 3.63) is 35.9 Å². The van der Waals surface area contributed by atoms with Crippen LogP contribution < -0.4 is 11.1 Å². The first kappa shape index (κ1) is 23.2. The number of likely N-dealkylation sites (tertiary alicyclic amines) is 1. The van der Waals surface area contributed by atoms with Crippen molar-refractivity contribution in [1.29, 1.82) is 0 Å². The Balaban J connectivity index is 0.00000169. The minimum atomic E-state index is 0. The Kier molecular flexibility index (Phi) is 10.6. The van der Waals surface area contributed by atoms with E-state index in [2.05, 4.69) is 40.5 Å². The first-order valence-electron chi connectivity index (χ1n) is 9.50. The lowest BCUT2D eigenvalue weighted by atomic mass is 9.95. The average Bonchev–Trinajstić information content (AvgIpc) is 3.28. The molecular weight excluding hydrogens is 369 g/mol. The fourth-order valence-electron chi connectivity index (χ4n) is 4.25. The van der Waals surface area contributed by atoms with Gasteiger partial charge < -0.3 is 16.0 Å². The topological polar surface area (TPSA) is 58.4 Å². The third-order valence-electron chi connectivity index (χ3n) is 5.79. The molecule has 3 atom stereocenters. The van der Waals surface area contributed by atoms with Crippen molar-refractivity contribution in [2.75, 3.05) is 32.7 Å². The van der Waals surface area contributed by atoms with Crippen LogP contribution in [0.1, 0.15) is 31.2 Å². The lowest BCUT2D eigenvalue weighted by molar-refractivity contribution is -0.126. The second-order valence-electron chi connectivity index (χ2n) is 7.47. The van der Waals surface area contributed by atoms with E-state index in [9.17, 15) is 4.79 Å². The summed E-state index contributed by atoms with van der Waals surface area (Å²) >= 11 is 0. The van der Waals surface area contributed by atoms with Crippen LogP contribution in [0, 0.1) is 17.8 Å². The van der Waals surface area contributed by atoms with E-state index in [4.69, 9.17) is 5.73 Å². The molecule has 2 aliphatic rings. The maximum atomic E-state index is 12.4. The third kappa shape index (κ3) is 6.41. The Labute approximate surface area is 170 Å². The van der Waals surface area contributed by atoms with Crippen molar-refractivity contribution >= 4 is 30.7 Å². The molecule has 1 amide bonds. The Bertz CT molecular complexity index is 529. The van der Waals surface area contributed by atoms with Crippen LogP contribution in [0.15, 0.2) is 30.3 Å². The van der Waals surface area contributed by atoms with Gasteiger partial charge in [-0.05, 0) is 56.2 Å². The molecule has 6 heteroatoms. The maximum absolute atomic E-state index is 12.4. The summed E-state index contributed by atoms with van der Waals surface area (Å²) < 4.78 is 0. The molecule has 3 rings (SSSR count). The van der Waals surface area contributed by atoms with Crippen molar-refractivity contribution in [1.82, 2.24) is 10.2 Å². The molecule has 1 unspecified atom stereocenters. The smallest absolute Gasteiger partial charge is 0.223 e. The summed E-state index contributed by atoms with van der Waals surface area (Å²) in [5, 5.41) is 3.20. The zero-order valence-electron chi connectivity index (χ0n) is 15.4. The minimum Gasteiger partial charge on any atom is -0.356 e. The van der Waals surface area contributed by atoms with Gasteiger partial charge >= 0.3 is 0 Å². The predicted molar refractivity (Wildman–Crippen MR) is 112 cm³/mol. The van der Waals surface area contributed by atoms with E-state index in [1.807, 2.05) is 0 Å². The van der Waals surface area contributed by atoms with Gasteiger partial charge in [0.25, 0.3) is 0 Å². The van der Waals surface area contributed by atoms with E-state index in [-0.39, 0.29) is 36.6 Å². The second kappa shape index (κ2) is 11.8. The van der Waals surface area contributed by atoms with Crippen LogP contribution in [0.4, 0.5) is 0 Å². The number of nitrogens with zero attached hydrogens (tertiary/aromatic N) is 1. The zero-order chi connectivity index (χ0) is 16.8. The molecule has 1 aliphatic heterocycles. The van der Waals surface area contributed by atoms with Crippen molar-refractivity contribution in [3.8, 4) is 0 Å². The summed E-state index contributed by atoms with van der Waals surface area (Å²) in [5.41, 5.74) is 7.20. The van der Waals surface area contributed by atoms with Crippen LogP contribution in [0.25, 0.3) is 0 Å². The summed E-state index contributed by atoms with van der Waals surface area (Å²) in [7, 11) is 0. The molecule has 1 aliphatic carbocycles. The molecule has 1 aromatic carbocycles. The van der Waals surface area contributed by atoms with Gasteiger partial charge in [-0.1, -0.05) is 36.8 Å². The lowest BCUT2D eigenvalue weighted by Gasteiger charge is -2.19. The van der Waals surface area contributed by atoms with Gasteiger partial charge in [-0.2, -0.15) is 0 Å². The molecular formula is C20H33Cl2N3O. The largest absolute Gasteiger partial charge is 0.356 e. The third-order valence-corrected chi connectivity index (χ3v) is 5.79. The van der Waals surface area contributed by atoms with Gasteiger partial charge in [0.2, 0.25) is 5.91 Å². The second-order valence-corrected chi connectivity index (χ2v) is 7.47. The number of benzene rings is 1. The van der Waals surface area contributed by atoms with Crippen LogP contribution in [-0.2, 0) is 11.2 Å². The quantitative estimate of drug-likeness (QED) is 0.738. The first-order valence-corrected chi connectivity index (χ1v) is 9.50. The number of carbonyl (C=O) groups excluding carboxylic acids is 1. The fourth-order valence-corrected chi connectivity index (χ4v) is 4.25. The van der Waals surface area contributed by atoms with Gasteiger partial charge in [0.1, 0.15) is 0 Å². The Morgan fingerprint density at radius 3 is 2.65 bits per heavy atom. The number of nitrogens with two attached hydrogens (primary N) is 1. The molecule has 1 heterocycles. The molecule has 3 N–H and O–H groups in total. The van der Waals surface area contributed by atoms with E-state index >= 15 is 0 Å². The number of hydrogen-bond acceptors (Lipinski definition) is 3. The summed E-state index contributed by atoms with van der Waals surface area (Å²) in [6.07, 6.45) is 5.59. The SMILES string of the molecule is Cl.Cl.NC[C@H]1CCC[C@H]1C(=O)NCC1CCN(CCc2ccccc2)C1. The van der Waals surface area contributed by atoms with Crippen LogP contribution in [0.5, 0.6) is 0 Å². The maximum Gasteiger partial charge on any atom is 0.223 e. The molecule has 0 aromatic heterocycles. The van der Waals surface area contributed by atoms with Gasteiger partial charge in [-0.15, -0.1) is 24.8 Å². The van der Waals surface area contributed by atoms with Gasteiger partial charge in [0, 0.05) is 25.6 Å². The van der Waals surface area contributed by atoms with Crippen molar-refractivity contribution in [2.24, 2.45) is 23.5 Å². The Morgan fingerprint density at radius 1 is 1.15 bits per heavy atom. The lowest BCUT2D eigenvalue weighted by Crippen LogP contribution is -2.38. The van der Waals surface area contributed by atoms with Gasteiger partial charge in [0.15, 0.2) is 0 Å². The van der Waals surface area contributed by atoms with Crippen molar-refractivity contribution in [2.45, 2.75) is 32.1 Å². The highest BCUT2D eigenvalue weighted by Crippen LogP contribution is 2.31. The van der Waals surface area contributed by atoms with Gasteiger partial charge in [0.05, 0.1) is 0 Å². The summed E-state index contributed by atoms with van der Waals surface area (Å²) in [6.45, 7) is 4.86. The standard InChI is InChI=1S/C20H31N3O.2ClH/c21-13-18-7-4-8-19(18)20(24)22-14-17-10-12-23(15-17)11-9-16-5-2-1-3-6-16;;/h1-3,5-6,17-19H,4,7-15,21H2,(H,22,24);2*1H/t17?,18-,19-;;/m1../s1. The van der Waals surface area contributed by atoms with Crippen LogP contribution in [0.2, 0.25) is 0 Å². The zero-order valence-corrected chi connectivity index (χ0v) is 17.1. The normalized spacial score (nSPS) is 25.3. The van der Waals surface area contributed by atoms with E-state index in [1.54, 1.807) is 0 Å². The molecule has 0 bridgehead atoms. The molecule has 1 saturated carbocycles. The molecule has 4 nitrogen and oxygen atoms in total. The predicted octanol–water partition coefficient (Wildman–Crippen LogP) is 2.89. The Morgan fingerprint density at radius 2 is 1.92 bits per heavy atom. The highest BCUT2D eigenvalue weighted by Gasteiger charge is 2.32. The molecule has 26 heavy (non-hydrogen) atoms. The highest BCUT2D eigenvalue weighted by molar-refractivity contribution is 5.85. The molecule has 0 radical (unpaired) electrons. The van der Waals surface area contributed by atoms with Crippen LogP contribution in [0.3, 0.4) is 0 Å². The monoisotopic (exact) mass is 401 g/mol. The van der Waals surface area contributed by atoms with Crippen LogP contribution >= 0.6 is 24.8 Å². The Hall–Kier alpha value is -0.810. The van der Waals surface area contributed by atoms with E-state index in [1.165, 1.54) is 12.0 Å². The molecule has 1 saturated heterocycles. The fraction of sp³-hybridized carbons (Fsp3) is 0.650. The highest BCUT2D eigenvalue weighted by atomic mass is 35.5. The van der Waals surface area contributed by atoms with E-state index in [0.29, 0.717) is 18.4 Å². The van der Waals surface area contributed by atoms with Crippen molar-refractivity contribution in [3.63, 3.8) is 0 Å². The average molecular weight is 402 g/mol. The van der Waals surface area contributed by atoms with Crippen molar-refractivity contribution < 1.29 is 4.79 Å². The number of rotatable bonds is 7. The van der Waals surface area contributed by atoms with Gasteiger partial charge in [-0.3, -0.25) is 4.79 Å². The first-order chi connectivity index (χ1) is 11.8. The summed E-state index contributed by atoms with van der Waals surface area (Å²) in [6, 6.07) is 10.7. The molecule has 2 fully saturated rings. The number of carbonyl (C=O) groups is 1. The number of halogens is 2. The summed E-state index contributed by atoms with van der Waals surface area (Å²) in [4.78, 5) is 14.9. The summed E-state index contributed by atoms with van der Waals surface area (Å²) in [5.74, 6) is 1.40. The minimum absolute atomic E-state index is 0. The van der Waals surface area contributed by atoms with E-state index < -0.39 is 0 Å².